The van der Waals surface area contributed by atoms with Gasteiger partial charge in [-0.15, -0.1) is 4.90 Å². The van der Waals surface area contributed by atoms with Gasteiger partial charge in [-0.05, 0) is 42.1 Å². The number of nitrogens with zero attached hydrogens (tertiary/aromatic N) is 3. The highest BCUT2D eigenvalue weighted by molar-refractivity contribution is 8.25. The molecule has 2 aliphatic rings. The molecule has 4 rings (SSSR count). The average molecular weight is 395 g/mol. The molecule has 3 amide bonds. The van der Waals surface area contributed by atoms with Gasteiger partial charge in [-0.1, -0.05) is 41.6 Å². The summed E-state index contributed by atoms with van der Waals surface area (Å²) in [5.41, 5.74) is 3.49. The normalized spacial score (nSPS) is 18.4. The number of anilines is 1. The first-order valence-corrected chi connectivity index (χ1v) is 9.35. The van der Waals surface area contributed by atoms with Crippen LogP contribution in [-0.2, 0) is 4.79 Å². The van der Waals surface area contributed by atoms with E-state index in [-0.39, 0.29) is 5.02 Å². The number of amides is 3. The molecule has 27 heavy (non-hydrogen) atoms. The van der Waals surface area contributed by atoms with Crippen molar-refractivity contribution in [3.05, 3.63) is 64.7 Å². The maximum Gasteiger partial charge on any atom is 0.506 e. The molecule has 0 saturated carbocycles. The minimum Gasteiger partial charge on any atom is -0.261 e. The Morgan fingerprint density at radius 1 is 1.11 bits per heavy atom. The Kier molecular flexibility index (Phi) is 4.56. The highest BCUT2D eigenvalue weighted by Gasteiger charge is 2.50. The second kappa shape index (κ2) is 7.03. The van der Waals surface area contributed by atoms with Gasteiger partial charge in [0.1, 0.15) is 0 Å². The zero-order valence-electron chi connectivity index (χ0n) is 14.2. The van der Waals surface area contributed by atoms with Crippen LogP contribution in [-0.4, -0.2) is 40.2 Å². The van der Waals surface area contributed by atoms with Crippen LogP contribution in [0.4, 0.5) is 10.5 Å². The van der Waals surface area contributed by atoms with Crippen molar-refractivity contribution in [2.45, 2.75) is 6.04 Å². The van der Waals surface area contributed by atoms with Crippen molar-refractivity contribution in [1.82, 2.24) is 0 Å². The van der Waals surface area contributed by atoms with Crippen LogP contribution in [0.15, 0.2) is 53.5 Å². The zero-order chi connectivity index (χ0) is 19.0. The maximum atomic E-state index is 12.8. The van der Waals surface area contributed by atoms with Crippen molar-refractivity contribution in [2.24, 2.45) is 4.99 Å². The summed E-state index contributed by atoms with van der Waals surface area (Å²) in [6.45, 7) is 0. The summed E-state index contributed by atoms with van der Waals surface area (Å²) in [4.78, 5) is 30.7. The van der Waals surface area contributed by atoms with Crippen molar-refractivity contribution in [1.29, 1.82) is 0 Å². The Labute approximate surface area is 165 Å². The van der Waals surface area contributed by atoms with Gasteiger partial charge in [0.2, 0.25) is 6.04 Å². The van der Waals surface area contributed by atoms with E-state index in [0.717, 1.165) is 10.5 Å². The standard InChI is InChI=1S/C20H13ClN3O2S/c1-23-19-17(22-12-27-19)18(25)24(20(23)26)16-10-9-14(11-15(16)21)8-7-13-5-3-2-4-6-13/h2-6,9-12,17H,1H3/q+1. The van der Waals surface area contributed by atoms with E-state index in [0.29, 0.717) is 16.3 Å². The lowest BCUT2D eigenvalue weighted by Gasteiger charge is -2.21. The molecule has 0 saturated heterocycles. The summed E-state index contributed by atoms with van der Waals surface area (Å²) in [6, 6.07) is 13.5. The van der Waals surface area contributed by atoms with Crippen LogP contribution in [0.2, 0.25) is 5.02 Å². The highest BCUT2D eigenvalue weighted by Crippen LogP contribution is 2.32. The topological polar surface area (TPSA) is 52.8 Å². The average Bonchev–Trinajstić information content (AvgIpc) is 3.17. The first-order valence-electron chi connectivity index (χ1n) is 8.09. The van der Waals surface area contributed by atoms with E-state index in [1.54, 1.807) is 30.8 Å². The fourth-order valence-corrected chi connectivity index (χ4v) is 3.90. The molecule has 2 heterocycles. The third-order valence-electron chi connectivity index (χ3n) is 4.19. The van der Waals surface area contributed by atoms with Gasteiger partial charge in [-0.3, -0.25) is 4.99 Å². The quantitative estimate of drug-likeness (QED) is 0.550. The molecule has 0 radical (unpaired) electrons. The monoisotopic (exact) mass is 394 g/mol. The molecular weight excluding hydrogens is 382 g/mol. The molecule has 132 valence electrons. The number of hydrogen-bond acceptors (Lipinski definition) is 4. The Bertz CT molecular complexity index is 1080. The number of carbonyl (C=O) groups is 2. The van der Waals surface area contributed by atoms with E-state index in [2.05, 4.69) is 16.8 Å². The number of hydrogen-bond donors (Lipinski definition) is 0. The number of thioether (sulfide) groups is 1. The van der Waals surface area contributed by atoms with Crippen LogP contribution >= 0.6 is 23.4 Å². The van der Waals surface area contributed by atoms with Gasteiger partial charge in [0.15, 0.2) is 10.7 Å². The second-order valence-electron chi connectivity index (χ2n) is 5.91. The van der Waals surface area contributed by atoms with Crippen LogP contribution in [0.1, 0.15) is 11.1 Å². The molecule has 2 aliphatic heterocycles. The third kappa shape index (κ3) is 3.16. The molecule has 1 atom stereocenters. The molecule has 0 aliphatic carbocycles. The van der Waals surface area contributed by atoms with Gasteiger partial charge in [-0.2, -0.15) is 9.37 Å². The molecule has 0 spiro atoms. The van der Waals surface area contributed by atoms with Crippen LogP contribution in [0.3, 0.4) is 0 Å². The van der Waals surface area contributed by atoms with E-state index in [4.69, 9.17) is 11.6 Å². The minimum absolute atomic E-state index is 0.281. The van der Waals surface area contributed by atoms with Crippen LogP contribution in [0.25, 0.3) is 0 Å². The number of rotatable bonds is 1. The summed E-state index contributed by atoms with van der Waals surface area (Å²) in [7, 11) is 1.62. The lowest BCUT2D eigenvalue weighted by Crippen LogP contribution is -2.54. The minimum atomic E-state index is -0.689. The molecule has 5 nitrogen and oxygen atoms in total. The van der Waals surface area contributed by atoms with Gasteiger partial charge in [0.05, 0.1) is 17.6 Å². The third-order valence-corrected chi connectivity index (χ3v) is 5.46. The van der Waals surface area contributed by atoms with Crippen LogP contribution in [0.5, 0.6) is 0 Å². The number of halogens is 1. The molecule has 2 aromatic carbocycles. The number of fused-ring (bicyclic) bond motifs is 1. The molecule has 1 unspecified atom stereocenters. The van der Waals surface area contributed by atoms with E-state index in [1.165, 1.54) is 16.3 Å². The second-order valence-corrected chi connectivity index (χ2v) is 7.18. The van der Waals surface area contributed by atoms with Crippen molar-refractivity contribution in [3.63, 3.8) is 0 Å². The van der Waals surface area contributed by atoms with Crippen molar-refractivity contribution in [2.75, 3.05) is 11.9 Å². The van der Waals surface area contributed by atoms with Gasteiger partial charge >= 0.3 is 11.9 Å². The Hall–Kier alpha value is -2.88. The molecule has 0 fully saturated rings. The fourth-order valence-electron chi connectivity index (χ4n) is 2.82. The zero-order valence-corrected chi connectivity index (χ0v) is 15.8. The van der Waals surface area contributed by atoms with Gasteiger partial charge in [0.25, 0.3) is 0 Å². The van der Waals surface area contributed by atoms with E-state index < -0.39 is 18.0 Å². The number of carbonyl (C=O) groups excluding carboxylic acids is 2. The molecule has 0 N–H and O–H groups in total. The number of benzene rings is 2. The number of imide groups is 1. The van der Waals surface area contributed by atoms with Gasteiger partial charge in [-0.25, -0.2) is 4.79 Å². The van der Waals surface area contributed by atoms with Gasteiger partial charge in [0, 0.05) is 11.1 Å². The van der Waals surface area contributed by atoms with Crippen LogP contribution in [0, 0.1) is 11.8 Å². The Morgan fingerprint density at radius 3 is 2.59 bits per heavy atom. The molecule has 0 bridgehead atoms. The first-order chi connectivity index (χ1) is 13.1. The molecule has 0 aromatic heterocycles. The molecule has 7 heteroatoms. The van der Waals surface area contributed by atoms with E-state index in [9.17, 15) is 9.59 Å². The van der Waals surface area contributed by atoms with Gasteiger partial charge < -0.3 is 0 Å². The van der Waals surface area contributed by atoms with Crippen molar-refractivity contribution >= 4 is 51.6 Å². The molecule has 2 aromatic rings. The number of aliphatic imine (C=N–C) groups is 1. The highest BCUT2D eigenvalue weighted by atomic mass is 35.5. The van der Waals surface area contributed by atoms with Crippen molar-refractivity contribution < 1.29 is 14.2 Å². The Morgan fingerprint density at radius 2 is 1.85 bits per heavy atom. The fraction of sp³-hybridized carbons (Fsp3) is 0.100. The Balaban J connectivity index is 1.67. The van der Waals surface area contributed by atoms with Crippen molar-refractivity contribution in [3.8, 4) is 11.8 Å². The molecular formula is C20H13ClN3O2S+. The predicted octanol–water partition coefficient (Wildman–Crippen LogP) is 3.39. The predicted molar refractivity (Wildman–Crippen MR) is 108 cm³/mol. The smallest absolute Gasteiger partial charge is 0.261 e. The lowest BCUT2D eigenvalue weighted by atomic mass is 10.1. The summed E-state index contributed by atoms with van der Waals surface area (Å²) in [5, 5.41) is 0.894. The summed E-state index contributed by atoms with van der Waals surface area (Å²) in [5.74, 6) is 5.69. The van der Waals surface area contributed by atoms with Crippen LogP contribution < -0.4 is 4.90 Å². The SMILES string of the molecule is C[N+]1=C2SC=NC2C(=O)N(c2ccc(C#Cc3ccccc3)cc2Cl)C1=O. The summed E-state index contributed by atoms with van der Waals surface area (Å²) in [6.07, 6.45) is 0. The maximum absolute atomic E-state index is 12.8. The number of urea groups is 1. The first kappa shape index (κ1) is 17.5. The summed E-state index contributed by atoms with van der Waals surface area (Å²) >= 11 is 7.66. The summed E-state index contributed by atoms with van der Waals surface area (Å²) < 4.78 is 1.43. The largest absolute Gasteiger partial charge is 0.506 e. The van der Waals surface area contributed by atoms with E-state index >= 15 is 0 Å². The lowest BCUT2D eigenvalue weighted by molar-refractivity contribution is -0.390. The van der Waals surface area contributed by atoms with E-state index in [1.807, 2.05) is 30.3 Å².